The van der Waals surface area contributed by atoms with Gasteiger partial charge in [0, 0.05) is 24.8 Å². The topological polar surface area (TPSA) is 86.4 Å². The molecule has 1 aromatic heterocycles. The van der Waals surface area contributed by atoms with Gasteiger partial charge >= 0.3 is 0 Å². The minimum atomic E-state index is -0.171. The Balaban J connectivity index is 1.86. The number of pyridine rings is 1. The van der Waals surface area contributed by atoms with Crippen molar-refractivity contribution in [1.29, 1.82) is 0 Å². The van der Waals surface area contributed by atoms with Gasteiger partial charge in [0.05, 0.1) is 11.9 Å². The van der Waals surface area contributed by atoms with E-state index in [0.717, 1.165) is 30.0 Å². The maximum atomic E-state index is 12.0. The molecule has 0 aliphatic rings. The first-order valence-electron chi connectivity index (χ1n) is 8.47. The SMILES string of the molecule is CC(=O)Nc1ccc(Nc2ccc(C(=O)NCCCN(C)C)nc2)cc1. The molecule has 0 fully saturated rings. The van der Waals surface area contributed by atoms with Crippen molar-refractivity contribution in [2.45, 2.75) is 13.3 Å². The smallest absolute Gasteiger partial charge is 0.269 e. The molecule has 0 atom stereocenters. The summed E-state index contributed by atoms with van der Waals surface area (Å²) in [6.45, 7) is 3.02. The lowest BCUT2D eigenvalue weighted by atomic mass is 10.2. The Morgan fingerprint density at radius 3 is 2.23 bits per heavy atom. The van der Waals surface area contributed by atoms with Crippen LogP contribution in [0.5, 0.6) is 0 Å². The highest BCUT2D eigenvalue weighted by molar-refractivity contribution is 5.92. The zero-order valence-corrected chi connectivity index (χ0v) is 15.4. The van der Waals surface area contributed by atoms with E-state index in [0.29, 0.717) is 12.2 Å². The predicted octanol–water partition coefficient (Wildman–Crippen LogP) is 2.47. The van der Waals surface area contributed by atoms with Crippen LogP contribution in [0.25, 0.3) is 0 Å². The number of hydrogen-bond acceptors (Lipinski definition) is 5. The van der Waals surface area contributed by atoms with Gasteiger partial charge in [-0.25, -0.2) is 4.98 Å². The minimum Gasteiger partial charge on any atom is -0.354 e. The maximum Gasteiger partial charge on any atom is 0.269 e. The van der Waals surface area contributed by atoms with Gasteiger partial charge in [-0.2, -0.15) is 0 Å². The van der Waals surface area contributed by atoms with E-state index >= 15 is 0 Å². The molecule has 2 rings (SSSR count). The van der Waals surface area contributed by atoms with Crippen LogP contribution in [-0.2, 0) is 4.79 Å². The third-order valence-electron chi connectivity index (χ3n) is 3.56. The van der Waals surface area contributed by atoms with Crippen molar-refractivity contribution >= 4 is 28.9 Å². The van der Waals surface area contributed by atoms with E-state index in [9.17, 15) is 9.59 Å². The fourth-order valence-corrected chi connectivity index (χ4v) is 2.30. The number of carbonyl (C=O) groups is 2. The Bertz CT molecular complexity index is 727. The second-order valence-corrected chi connectivity index (χ2v) is 6.23. The number of amides is 2. The van der Waals surface area contributed by atoms with Crippen LogP contribution in [0.4, 0.5) is 17.1 Å². The molecule has 3 N–H and O–H groups in total. The lowest BCUT2D eigenvalue weighted by molar-refractivity contribution is -0.114. The normalized spacial score (nSPS) is 10.5. The Morgan fingerprint density at radius 1 is 1.00 bits per heavy atom. The van der Waals surface area contributed by atoms with Crippen molar-refractivity contribution in [2.75, 3.05) is 37.8 Å². The fourth-order valence-electron chi connectivity index (χ4n) is 2.30. The average Bonchev–Trinajstić information content (AvgIpc) is 2.60. The quantitative estimate of drug-likeness (QED) is 0.633. The number of nitrogens with zero attached hydrogens (tertiary/aromatic N) is 2. The van der Waals surface area contributed by atoms with Crippen molar-refractivity contribution < 1.29 is 9.59 Å². The van der Waals surface area contributed by atoms with Gasteiger partial charge in [0.1, 0.15) is 5.69 Å². The van der Waals surface area contributed by atoms with E-state index in [2.05, 4.69) is 25.8 Å². The van der Waals surface area contributed by atoms with Crippen molar-refractivity contribution in [1.82, 2.24) is 15.2 Å². The number of nitrogens with one attached hydrogen (secondary N) is 3. The summed E-state index contributed by atoms with van der Waals surface area (Å²) in [6.07, 6.45) is 2.52. The zero-order valence-electron chi connectivity index (χ0n) is 15.4. The van der Waals surface area contributed by atoms with E-state index < -0.39 is 0 Å². The van der Waals surface area contributed by atoms with Gasteiger partial charge in [0.2, 0.25) is 5.91 Å². The summed E-state index contributed by atoms with van der Waals surface area (Å²) in [7, 11) is 4.00. The second-order valence-electron chi connectivity index (χ2n) is 6.23. The first-order valence-corrected chi connectivity index (χ1v) is 8.47. The summed E-state index contributed by atoms with van der Waals surface area (Å²) >= 11 is 0. The number of rotatable bonds is 8. The summed E-state index contributed by atoms with van der Waals surface area (Å²) in [5.74, 6) is -0.277. The molecule has 0 saturated heterocycles. The summed E-state index contributed by atoms with van der Waals surface area (Å²) in [6, 6.07) is 10.8. The van der Waals surface area contributed by atoms with Crippen LogP contribution in [0.2, 0.25) is 0 Å². The van der Waals surface area contributed by atoms with Crippen LogP contribution >= 0.6 is 0 Å². The molecule has 138 valence electrons. The molecular formula is C19H25N5O2. The highest BCUT2D eigenvalue weighted by Gasteiger charge is 2.06. The van der Waals surface area contributed by atoms with Crippen LogP contribution in [0, 0.1) is 0 Å². The molecule has 26 heavy (non-hydrogen) atoms. The minimum absolute atomic E-state index is 0.106. The monoisotopic (exact) mass is 355 g/mol. The lowest BCUT2D eigenvalue weighted by Gasteiger charge is -2.10. The van der Waals surface area contributed by atoms with Crippen molar-refractivity contribution in [3.63, 3.8) is 0 Å². The molecule has 1 heterocycles. The molecule has 0 aliphatic carbocycles. The van der Waals surface area contributed by atoms with Gasteiger partial charge in [0.25, 0.3) is 5.91 Å². The molecule has 0 aliphatic heterocycles. The predicted molar refractivity (Wildman–Crippen MR) is 104 cm³/mol. The third kappa shape index (κ3) is 6.52. The van der Waals surface area contributed by atoms with Crippen molar-refractivity contribution in [2.24, 2.45) is 0 Å². The van der Waals surface area contributed by atoms with Crippen LogP contribution < -0.4 is 16.0 Å². The maximum absolute atomic E-state index is 12.0. The molecule has 7 heteroatoms. The van der Waals surface area contributed by atoms with Gasteiger partial charge in [-0.05, 0) is 63.5 Å². The number of hydrogen-bond donors (Lipinski definition) is 3. The van der Waals surface area contributed by atoms with E-state index in [-0.39, 0.29) is 11.8 Å². The Hall–Kier alpha value is -2.93. The highest BCUT2D eigenvalue weighted by atomic mass is 16.2. The lowest BCUT2D eigenvalue weighted by Crippen LogP contribution is -2.27. The Kier molecular flexibility index (Phi) is 7.11. The highest BCUT2D eigenvalue weighted by Crippen LogP contribution is 2.18. The number of carbonyl (C=O) groups excluding carboxylic acids is 2. The molecule has 0 radical (unpaired) electrons. The number of anilines is 3. The van der Waals surface area contributed by atoms with Gasteiger partial charge in [-0.15, -0.1) is 0 Å². The molecule has 0 saturated carbocycles. The molecule has 0 spiro atoms. The average molecular weight is 355 g/mol. The summed E-state index contributed by atoms with van der Waals surface area (Å²) < 4.78 is 0. The molecule has 2 aromatic rings. The molecular weight excluding hydrogens is 330 g/mol. The second kappa shape index (κ2) is 9.53. The summed E-state index contributed by atoms with van der Waals surface area (Å²) in [5.41, 5.74) is 2.77. The van der Waals surface area contributed by atoms with E-state index in [1.165, 1.54) is 6.92 Å². The van der Waals surface area contributed by atoms with E-state index in [4.69, 9.17) is 0 Å². The molecule has 1 aromatic carbocycles. The molecule has 7 nitrogen and oxygen atoms in total. The third-order valence-corrected chi connectivity index (χ3v) is 3.56. The van der Waals surface area contributed by atoms with Crippen LogP contribution in [0.15, 0.2) is 42.6 Å². The summed E-state index contributed by atoms with van der Waals surface area (Å²) in [5, 5.41) is 8.78. The van der Waals surface area contributed by atoms with Crippen LogP contribution in [-0.4, -0.2) is 48.9 Å². The van der Waals surface area contributed by atoms with Crippen molar-refractivity contribution in [3.05, 3.63) is 48.3 Å². The number of benzene rings is 1. The van der Waals surface area contributed by atoms with Gasteiger partial charge in [0.15, 0.2) is 0 Å². The largest absolute Gasteiger partial charge is 0.354 e. The van der Waals surface area contributed by atoms with Crippen molar-refractivity contribution in [3.8, 4) is 0 Å². The zero-order chi connectivity index (χ0) is 18.9. The van der Waals surface area contributed by atoms with E-state index in [1.807, 2.05) is 44.4 Å². The first-order chi connectivity index (χ1) is 12.4. The Labute approximate surface area is 153 Å². The van der Waals surface area contributed by atoms with E-state index in [1.54, 1.807) is 12.3 Å². The summed E-state index contributed by atoms with van der Waals surface area (Å²) in [4.78, 5) is 29.3. The van der Waals surface area contributed by atoms with Crippen LogP contribution in [0.1, 0.15) is 23.8 Å². The Morgan fingerprint density at radius 2 is 1.65 bits per heavy atom. The standard InChI is InChI=1S/C19H25N5O2/c1-14(25)22-15-5-7-16(8-6-15)23-17-9-10-18(21-13-17)19(26)20-11-4-12-24(2)3/h5-10,13,23H,4,11-12H2,1-3H3,(H,20,26)(H,22,25). The van der Waals surface area contributed by atoms with Gasteiger partial charge < -0.3 is 20.9 Å². The van der Waals surface area contributed by atoms with Crippen LogP contribution in [0.3, 0.4) is 0 Å². The first kappa shape index (κ1) is 19.4. The van der Waals surface area contributed by atoms with Gasteiger partial charge in [-0.1, -0.05) is 0 Å². The molecule has 0 unspecified atom stereocenters. The molecule has 0 bridgehead atoms. The fraction of sp³-hybridized carbons (Fsp3) is 0.316. The molecule has 2 amide bonds. The van der Waals surface area contributed by atoms with Gasteiger partial charge in [-0.3, -0.25) is 9.59 Å². The number of aromatic nitrogens is 1.